The number of hydrogen-bond acceptors (Lipinski definition) is 4. The summed E-state index contributed by atoms with van der Waals surface area (Å²) in [5.74, 6) is -0.237. The molecule has 2 rings (SSSR count). The second kappa shape index (κ2) is 7.59. The quantitative estimate of drug-likeness (QED) is 0.703. The van der Waals surface area contributed by atoms with Crippen molar-refractivity contribution in [3.05, 3.63) is 0 Å². The molecule has 0 aromatic rings. The predicted octanol–water partition coefficient (Wildman–Crippen LogP) is 0.568. The van der Waals surface area contributed by atoms with E-state index in [1.54, 1.807) is 0 Å². The molecular formula is C14H26N4O2. The normalized spacial score (nSPS) is 24.6. The molecule has 20 heavy (non-hydrogen) atoms. The van der Waals surface area contributed by atoms with Gasteiger partial charge < -0.3 is 11.1 Å². The maximum absolute atomic E-state index is 11.9. The first-order valence-electron chi connectivity index (χ1n) is 7.73. The highest BCUT2D eigenvalue weighted by Crippen LogP contribution is 2.17. The molecule has 2 aliphatic rings. The largest absolute Gasteiger partial charge is 0.335 e. The van der Waals surface area contributed by atoms with Gasteiger partial charge in [-0.1, -0.05) is 19.3 Å². The van der Waals surface area contributed by atoms with E-state index >= 15 is 0 Å². The Morgan fingerprint density at radius 3 is 2.55 bits per heavy atom. The standard InChI is InChI=1S/C14H26N4O2/c15-9-12-7-4-8-18(12)10-13(19)17-14(20)16-11-5-2-1-3-6-11/h11-12H,1-10,15H2,(H2,16,17,19,20). The van der Waals surface area contributed by atoms with Crippen molar-refractivity contribution in [2.24, 2.45) is 5.73 Å². The smallest absolute Gasteiger partial charge is 0.321 e. The third kappa shape index (κ3) is 4.45. The number of nitrogens with zero attached hydrogens (tertiary/aromatic N) is 1. The lowest BCUT2D eigenvalue weighted by atomic mass is 9.96. The molecule has 1 heterocycles. The van der Waals surface area contributed by atoms with Crippen molar-refractivity contribution < 1.29 is 9.59 Å². The summed E-state index contributed by atoms with van der Waals surface area (Å²) in [4.78, 5) is 25.7. The molecule has 1 unspecified atom stereocenters. The molecule has 1 saturated heterocycles. The van der Waals surface area contributed by atoms with Crippen molar-refractivity contribution in [2.75, 3.05) is 19.6 Å². The Labute approximate surface area is 120 Å². The summed E-state index contributed by atoms with van der Waals surface area (Å²) in [6.07, 6.45) is 7.71. The van der Waals surface area contributed by atoms with E-state index in [0.29, 0.717) is 6.54 Å². The van der Waals surface area contributed by atoms with Gasteiger partial charge in [-0.2, -0.15) is 0 Å². The molecule has 0 radical (unpaired) electrons. The van der Waals surface area contributed by atoms with E-state index < -0.39 is 0 Å². The van der Waals surface area contributed by atoms with Gasteiger partial charge in [0.1, 0.15) is 0 Å². The van der Waals surface area contributed by atoms with E-state index in [2.05, 4.69) is 15.5 Å². The van der Waals surface area contributed by atoms with Crippen LogP contribution in [0.4, 0.5) is 4.79 Å². The van der Waals surface area contributed by atoms with Crippen molar-refractivity contribution >= 4 is 11.9 Å². The number of rotatable bonds is 4. The Balaban J connectivity index is 1.69. The molecule has 6 nitrogen and oxygen atoms in total. The lowest BCUT2D eigenvalue weighted by molar-refractivity contribution is -0.121. The number of carbonyl (C=O) groups excluding carboxylic acids is 2. The molecule has 0 aromatic carbocycles. The van der Waals surface area contributed by atoms with Crippen LogP contribution in [0.3, 0.4) is 0 Å². The van der Waals surface area contributed by atoms with E-state index in [-0.39, 0.29) is 30.6 Å². The van der Waals surface area contributed by atoms with Crippen LogP contribution in [0, 0.1) is 0 Å². The number of urea groups is 1. The topological polar surface area (TPSA) is 87.5 Å². The summed E-state index contributed by atoms with van der Waals surface area (Å²) in [7, 11) is 0. The van der Waals surface area contributed by atoms with Crippen molar-refractivity contribution in [3.8, 4) is 0 Å². The van der Waals surface area contributed by atoms with Crippen LogP contribution in [0.2, 0.25) is 0 Å². The molecule has 0 bridgehead atoms. The summed E-state index contributed by atoms with van der Waals surface area (Å²) in [6, 6.07) is 0.146. The Bertz CT molecular complexity index is 342. The fourth-order valence-electron chi connectivity index (χ4n) is 3.19. The van der Waals surface area contributed by atoms with Crippen LogP contribution in [-0.4, -0.2) is 48.6 Å². The van der Waals surface area contributed by atoms with Gasteiger partial charge in [0.05, 0.1) is 6.54 Å². The lowest BCUT2D eigenvalue weighted by Gasteiger charge is -2.24. The second-order valence-electron chi connectivity index (χ2n) is 5.86. The van der Waals surface area contributed by atoms with Gasteiger partial charge in [-0.3, -0.25) is 15.0 Å². The third-order valence-electron chi connectivity index (χ3n) is 4.31. The summed E-state index contributed by atoms with van der Waals surface area (Å²) in [5.41, 5.74) is 5.67. The molecule has 6 heteroatoms. The molecule has 4 N–H and O–H groups in total. The van der Waals surface area contributed by atoms with E-state index in [9.17, 15) is 9.59 Å². The molecule has 114 valence electrons. The highest BCUT2D eigenvalue weighted by Gasteiger charge is 2.25. The minimum absolute atomic E-state index is 0.222. The van der Waals surface area contributed by atoms with Gasteiger partial charge in [-0.05, 0) is 32.2 Å². The van der Waals surface area contributed by atoms with Crippen LogP contribution in [0.1, 0.15) is 44.9 Å². The maximum atomic E-state index is 11.9. The molecule has 0 spiro atoms. The number of likely N-dealkylation sites (tertiary alicyclic amines) is 1. The van der Waals surface area contributed by atoms with E-state index in [0.717, 1.165) is 45.1 Å². The van der Waals surface area contributed by atoms with E-state index in [4.69, 9.17) is 5.73 Å². The van der Waals surface area contributed by atoms with E-state index in [1.807, 2.05) is 0 Å². The highest BCUT2D eigenvalue weighted by atomic mass is 16.2. The van der Waals surface area contributed by atoms with Crippen LogP contribution < -0.4 is 16.4 Å². The van der Waals surface area contributed by atoms with Crippen LogP contribution in [0.15, 0.2) is 0 Å². The fourth-order valence-corrected chi connectivity index (χ4v) is 3.19. The number of imide groups is 1. The third-order valence-corrected chi connectivity index (χ3v) is 4.31. The average Bonchev–Trinajstić information content (AvgIpc) is 2.86. The van der Waals surface area contributed by atoms with Crippen molar-refractivity contribution in [1.29, 1.82) is 0 Å². The zero-order valence-corrected chi connectivity index (χ0v) is 12.1. The Kier molecular flexibility index (Phi) is 5.79. The number of carbonyl (C=O) groups is 2. The van der Waals surface area contributed by atoms with Gasteiger partial charge in [-0.25, -0.2) is 4.79 Å². The zero-order valence-electron chi connectivity index (χ0n) is 12.1. The first kappa shape index (κ1) is 15.3. The maximum Gasteiger partial charge on any atom is 0.321 e. The van der Waals surface area contributed by atoms with Gasteiger partial charge in [0.25, 0.3) is 0 Å². The van der Waals surface area contributed by atoms with Crippen LogP contribution >= 0.6 is 0 Å². The summed E-state index contributed by atoms with van der Waals surface area (Å²) >= 11 is 0. The summed E-state index contributed by atoms with van der Waals surface area (Å²) in [5, 5.41) is 5.31. The molecule has 1 saturated carbocycles. The van der Waals surface area contributed by atoms with Gasteiger partial charge in [-0.15, -0.1) is 0 Å². The van der Waals surface area contributed by atoms with Crippen LogP contribution in [-0.2, 0) is 4.79 Å². The Morgan fingerprint density at radius 2 is 1.85 bits per heavy atom. The molecular weight excluding hydrogens is 256 g/mol. The van der Waals surface area contributed by atoms with E-state index in [1.165, 1.54) is 6.42 Å². The zero-order chi connectivity index (χ0) is 14.4. The van der Waals surface area contributed by atoms with Crippen molar-refractivity contribution in [3.63, 3.8) is 0 Å². The molecule has 1 aliphatic heterocycles. The fraction of sp³-hybridized carbons (Fsp3) is 0.857. The van der Waals surface area contributed by atoms with Gasteiger partial charge in [0.15, 0.2) is 0 Å². The minimum atomic E-state index is -0.356. The molecule has 0 aromatic heterocycles. The van der Waals surface area contributed by atoms with Crippen LogP contribution in [0.25, 0.3) is 0 Å². The van der Waals surface area contributed by atoms with Gasteiger partial charge >= 0.3 is 6.03 Å². The molecule has 2 fully saturated rings. The van der Waals surface area contributed by atoms with Crippen molar-refractivity contribution in [1.82, 2.24) is 15.5 Å². The number of nitrogens with one attached hydrogen (secondary N) is 2. The number of hydrogen-bond donors (Lipinski definition) is 3. The predicted molar refractivity (Wildman–Crippen MR) is 77.2 cm³/mol. The lowest BCUT2D eigenvalue weighted by Crippen LogP contribution is -2.49. The van der Waals surface area contributed by atoms with Gasteiger partial charge in [0.2, 0.25) is 5.91 Å². The molecule has 1 aliphatic carbocycles. The second-order valence-corrected chi connectivity index (χ2v) is 5.86. The SMILES string of the molecule is NCC1CCCN1CC(=O)NC(=O)NC1CCCCC1. The first-order chi connectivity index (χ1) is 9.69. The Hall–Kier alpha value is -1.14. The van der Waals surface area contributed by atoms with Gasteiger partial charge in [0, 0.05) is 18.6 Å². The van der Waals surface area contributed by atoms with Crippen molar-refractivity contribution in [2.45, 2.75) is 57.0 Å². The Morgan fingerprint density at radius 1 is 1.10 bits per heavy atom. The molecule has 3 amide bonds. The first-order valence-corrected chi connectivity index (χ1v) is 7.73. The molecule has 1 atom stereocenters. The number of nitrogens with two attached hydrogens (primary N) is 1. The minimum Gasteiger partial charge on any atom is -0.335 e. The summed E-state index contributed by atoms with van der Waals surface area (Å²) in [6.45, 7) is 1.72. The highest BCUT2D eigenvalue weighted by molar-refractivity contribution is 5.95. The van der Waals surface area contributed by atoms with Crippen LogP contribution in [0.5, 0.6) is 0 Å². The number of amides is 3. The average molecular weight is 282 g/mol. The monoisotopic (exact) mass is 282 g/mol. The summed E-state index contributed by atoms with van der Waals surface area (Å²) < 4.78 is 0.